The number of Topliss-reactive ketones (excluding diaryl/α,β-unsaturated/α-hetero) is 1. The fourth-order valence-corrected chi connectivity index (χ4v) is 2.21. The molecule has 0 atom stereocenters. The van der Waals surface area contributed by atoms with E-state index in [1.165, 1.54) is 11.8 Å². The fraction of sp³-hybridized carbons (Fsp3) is 0.231. The number of aromatic nitrogens is 2. The van der Waals surface area contributed by atoms with E-state index >= 15 is 0 Å². The Morgan fingerprint density at radius 3 is 2.83 bits per heavy atom. The highest BCUT2D eigenvalue weighted by Crippen LogP contribution is 2.22. The Kier molecular flexibility index (Phi) is 3.81. The Hall–Kier alpha value is -1.62. The monoisotopic (exact) mass is 308 g/mol. The first-order valence-electron chi connectivity index (χ1n) is 5.46. The Labute approximate surface area is 114 Å². The third kappa shape index (κ3) is 2.46. The first-order valence-corrected chi connectivity index (χ1v) is 6.25. The predicted octanol–water partition coefficient (Wildman–Crippen LogP) is 2.62. The molecule has 0 bridgehead atoms. The summed E-state index contributed by atoms with van der Waals surface area (Å²) in [6.07, 6.45) is 1.87. The molecule has 4 nitrogen and oxygen atoms in total. The molecule has 0 amide bonds. The van der Waals surface area contributed by atoms with Gasteiger partial charge in [0.1, 0.15) is 5.69 Å². The molecule has 94 valence electrons. The lowest BCUT2D eigenvalue weighted by molar-refractivity contribution is 0.0980. The van der Waals surface area contributed by atoms with Crippen molar-refractivity contribution in [2.45, 2.75) is 6.42 Å². The molecular weight excluding hydrogens is 296 g/mol. The van der Waals surface area contributed by atoms with Crippen LogP contribution in [0.15, 0.2) is 34.9 Å². The van der Waals surface area contributed by atoms with Crippen molar-refractivity contribution in [3.8, 4) is 5.75 Å². The Bertz CT molecular complexity index is 578. The van der Waals surface area contributed by atoms with E-state index in [0.29, 0.717) is 17.9 Å². The standard InChI is InChI=1S/C13H13BrN2O2/c1-16-13(12(18-2)8-15-16)11(17)7-9-5-3-4-6-10(9)14/h3-6,8H,7H2,1-2H3. The largest absolute Gasteiger partial charge is 0.493 e. The van der Waals surface area contributed by atoms with Gasteiger partial charge in [0, 0.05) is 17.9 Å². The number of hydrogen-bond acceptors (Lipinski definition) is 3. The predicted molar refractivity (Wildman–Crippen MR) is 71.9 cm³/mol. The number of benzene rings is 1. The molecule has 0 aliphatic carbocycles. The van der Waals surface area contributed by atoms with E-state index in [-0.39, 0.29) is 5.78 Å². The van der Waals surface area contributed by atoms with E-state index in [0.717, 1.165) is 10.0 Å². The van der Waals surface area contributed by atoms with Crippen LogP contribution in [0.4, 0.5) is 0 Å². The maximum Gasteiger partial charge on any atom is 0.189 e. The number of carbonyl (C=O) groups is 1. The zero-order valence-electron chi connectivity index (χ0n) is 10.2. The molecule has 0 saturated heterocycles. The second-order valence-electron chi connectivity index (χ2n) is 3.88. The van der Waals surface area contributed by atoms with Gasteiger partial charge in [-0.2, -0.15) is 5.10 Å². The molecular formula is C13H13BrN2O2. The van der Waals surface area contributed by atoms with Gasteiger partial charge in [0.2, 0.25) is 0 Å². The van der Waals surface area contributed by atoms with Gasteiger partial charge in [-0.15, -0.1) is 0 Å². The van der Waals surface area contributed by atoms with Crippen LogP contribution in [0, 0.1) is 0 Å². The Balaban J connectivity index is 2.28. The summed E-state index contributed by atoms with van der Waals surface area (Å²) >= 11 is 3.44. The third-order valence-electron chi connectivity index (χ3n) is 2.70. The normalized spacial score (nSPS) is 10.4. The molecule has 0 aliphatic heterocycles. The molecule has 0 fully saturated rings. The van der Waals surface area contributed by atoms with Crippen molar-refractivity contribution in [1.82, 2.24) is 9.78 Å². The van der Waals surface area contributed by atoms with Crippen molar-refractivity contribution in [2.24, 2.45) is 7.05 Å². The molecule has 1 heterocycles. The van der Waals surface area contributed by atoms with E-state index in [2.05, 4.69) is 21.0 Å². The van der Waals surface area contributed by atoms with E-state index in [4.69, 9.17) is 4.74 Å². The summed E-state index contributed by atoms with van der Waals surface area (Å²) in [5.74, 6) is 0.494. The van der Waals surface area contributed by atoms with Crippen LogP contribution in [-0.4, -0.2) is 22.7 Å². The fourth-order valence-electron chi connectivity index (χ4n) is 1.78. The van der Waals surface area contributed by atoms with Crippen LogP contribution in [0.25, 0.3) is 0 Å². The third-order valence-corrected chi connectivity index (χ3v) is 3.47. The molecule has 1 aromatic heterocycles. The molecule has 2 rings (SSSR count). The Morgan fingerprint density at radius 1 is 1.44 bits per heavy atom. The van der Waals surface area contributed by atoms with Gasteiger partial charge in [-0.25, -0.2) is 0 Å². The summed E-state index contributed by atoms with van der Waals surface area (Å²) in [5, 5.41) is 4.03. The van der Waals surface area contributed by atoms with Crippen LogP contribution < -0.4 is 4.74 Å². The van der Waals surface area contributed by atoms with Gasteiger partial charge < -0.3 is 4.74 Å². The summed E-state index contributed by atoms with van der Waals surface area (Å²) in [5.41, 5.74) is 1.44. The van der Waals surface area contributed by atoms with Gasteiger partial charge in [0.05, 0.1) is 13.3 Å². The highest BCUT2D eigenvalue weighted by Gasteiger charge is 2.18. The van der Waals surface area contributed by atoms with Gasteiger partial charge in [-0.3, -0.25) is 9.48 Å². The van der Waals surface area contributed by atoms with Crippen molar-refractivity contribution in [1.29, 1.82) is 0 Å². The number of ether oxygens (including phenoxy) is 1. The minimum atomic E-state index is -0.0150. The molecule has 0 saturated carbocycles. The van der Waals surface area contributed by atoms with Gasteiger partial charge in [-0.1, -0.05) is 34.1 Å². The van der Waals surface area contributed by atoms with Crippen LogP contribution in [0.2, 0.25) is 0 Å². The number of rotatable bonds is 4. The molecule has 5 heteroatoms. The Morgan fingerprint density at radius 2 is 2.17 bits per heavy atom. The van der Waals surface area contributed by atoms with Crippen LogP contribution >= 0.6 is 15.9 Å². The second-order valence-corrected chi connectivity index (χ2v) is 4.73. The lowest BCUT2D eigenvalue weighted by Gasteiger charge is -2.06. The number of ketones is 1. The van der Waals surface area contributed by atoms with Crippen LogP contribution in [0.3, 0.4) is 0 Å². The summed E-state index contributed by atoms with van der Waals surface area (Å²) in [4.78, 5) is 12.3. The number of carbonyl (C=O) groups excluding carboxylic acids is 1. The second kappa shape index (κ2) is 5.35. The van der Waals surface area contributed by atoms with Crippen LogP contribution in [0.1, 0.15) is 16.1 Å². The molecule has 1 aromatic carbocycles. The SMILES string of the molecule is COc1cnn(C)c1C(=O)Cc1ccccc1Br. The average molecular weight is 309 g/mol. The van der Waals surface area contributed by atoms with Gasteiger partial charge >= 0.3 is 0 Å². The highest BCUT2D eigenvalue weighted by molar-refractivity contribution is 9.10. The summed E-state index contributed by atoms with van der Waals surface area (Å²) in [6, 6.07) is 7.67. The summed E-state index contributed by atoms with van der Waals surface area (Å²) in [7, 11) is 3.27. The number of nitrogens with zero attached hydrogens (tertiary/aromatic N) is 2. The first kappa shape index (κ1) is 12.8. The summed E-state index contributed by atoms with van der Waals surface area (Å²) < 4.78 is 7.61. The van der Waals surface area contributed by atoms with E-state index in [9.17, 15) is 4.79 Å². The van der Waals surface area contributed by atoms with Crippen molar-refractivity contribution < 1.29 is 9.53 Å². The molecule has 0 aliphatic rings. The maximum absolute atomic E-state index is 12.3. The average Bonchev–Trinajstić information content (AvgIpc) is 2.73. The van der Waals surface area contributed by atoms with Gasteiger partial charge in [0.25, 0.3) is 0 Å². The van der Waals surface area contributed by atoms with Gasteiger partial charge in [-0.05, 0) is 11.6 Å². The zero-order chi connectivity index (χ0) is 13.1. The van der Waals surface area contributed by atoms with Crippen LogP contribution in [-0.2, 0) is 13.5 Å². The number of halogens is 1. The zero-order valence-corrected chi connectivity index (χ0v) is 11.8. The topological polar surface area (TPSA) is 44.1 Å². The van der Waals surface area contributed by atoms with E-state index < -0.39 is 0 Å². The minimum absolute atomic E-state index is 0.0150. The van der Waals surface area contributed by atoms with Crippen molar-refractivity contribution in [2.75, 3.05) is 7.11 Å². The molecule has 18 heavy (non-hydrogen) atoms. The van der Waals surface area contributed by atoms with E-state index in [1.54, 1.807) is 13.2 Å². The van der Waals surface area contributed by atoms with E-state index in [1.807, 2.05) is 24.3 Å². The quantitative estimate of drug-likeness (QED) is 0.816. The molecule has 0 N–H and O–H groups in total. The maximum atomic E-state index is 12.3. The van der Waals surface area contributed by atoms with Crippen LogP contribution in [0.5, 0.6) is 5.75 Å². The smallest absolute Gasteiger partial charge is 0.189 e. The van der Waals surface area contributed by atoms with Crippen molar-refractivity contribution in [3.05, 3.63) is 46.2 Å². The first-order chi connectivity index (χ1) is 8.63. The van der Waals surface area contributed by atoms with Crippen molar-refractivity contribution >= 4 is 21.7 Å². The van der Waals surface area contributed by atoms with Gasteiger partial charge in [0.15, 0.2) is 11.5 Å². The molecule has 0 spiro atoms. The van der Waals surface area contributed by atoms with Crippen molar-refractivity contribution in [3.63, 3.8) is 0 Å². The highest BCUT2D eigenvalue weighted by atomic mass is 79.9. The minimum Gasteiger partial charge on any atom is -0.493 e. The molecule has 0 radical (unpaired) electrons. The number of hydrogen-bond donors (Lipinski definition) is 0. The number of aryl methyl sites for hydroxylation is 1. The lowest BCUT2D eigenvalue weighted by atomic mass is 10.1. The number of methoxy groups -OCH3 is 1. The lowest BCUT2D eigenvalue weighted by Crippen LogP contribution is -2.11. The molecule has 0 unspecified atom stereocenters. The summed E-state index contributed by atoms with van der Waals surface area (Å²) in [6.45, 7) is 0. The molecule has 2 aromatic rings.